The van der Waals surface area contributed by atoms with Crippen LogP contribution in [0.5, 0.6) is 0 Å². The molecule has 0 fully saturated rings. The molecule has 0 aromatic heterocycles. The van der Waals surface area contributed by atoms with Gasteiger partial charge in [-0.25, -0.2) is 4.79 Å². The molecule has 0 bridgehead atoms. The van der Waals surface area contributed by atoms with E-state index in [1.807, 2.05) is 49.4 Å². The predicted octanol–water partition coefficient (Wildman–Crippen LogP) is 2.66. The molecule has 2 rings (SSSR count). The van der Waals surface area contributed by atoms with Crippen LogP contribution in [-0.4, -0.2) is 19.6 Å². The number of nitrogens with one attached hydrogen (secondary N) is 1. The number of carbonyl (C=O) groups is 1. The van der Waals surface area contributed by atoms with Crippen molar-refractivity contribution in [3.8, 4) is 0 Å². The molecule has 1 unspecified atom stereocenters. The molecule has 2 aromatic rings. The van der Waals surface area contributed by atoms with Crippen molar-refractivity contribution in [3.63, 3.8) is 0 Å². The summed E-state index contributed by atoms with van der Waals surface area (Å²) >= 11 is 0. The van der Waals surface area contributed by atoms with Crippen LogP contribution in [0.2, 0.25) is 0 Å². The summed E-state index contributed by atoms with van der Waals surface area (Å²) < 4.78 is 5.10. The first-order chi connectivity index (χ1) is 8.77. The average Bonchev–Trinajstić information content (AvgIpc) is 2.40. The lowest BCUT2D eigenvalue weighted by atomic mass is 9.99. The number of hydrogen-bond donors (Lipinski definition) is 1. The number of ether oxygens (including phenoxy) is 1. The van der Waals surface area contributed by atoms with Gasteiger partial charge in [0.05, 0.1) is 6.61 Å². The van der Waals surface area contributed by atoms with Gasteiger partial charge in [-0.15, -0.1) is 0 Å². The lowest BCUT2D eigenvalue weighted by molar-refractivity contribution is -0.145. The van der Waals surface area contributed by atoms with Crippen LogP contribution in [0.1, 0.15) is 18.5 Å². The topological polar surface area (TPSA) is 38.3 Å². The summed E-state index contributed by atoms with van der Waals surface area (Å²) in [6, 6.07) is 13.6. The van der Waals surface area contributed by atoms with Crippen LogP contribution in [0, 0.1) is 0 Å². The van der Waals surface area contributed by atoms with E-state index in [-0.39, 0.29) is 5.97 Å². The van der Waals surface area contributed by atoms with Crippen molar-refractivity contribution in [3.05, 3.63) is 48.0 Å². The van der Waals surface area contributed by atoms with E-state index in [2.05, 4.69) is 5.32 Å². The maximum Gasteiger partial charge on any atom is 0.327 e. The molecule has 3 heteroatoms. The Morgan fingerprint density at radius 2 is 1.94 bits per heavy atom. The molecule has 0 aliphatic carbocycles. The highest BCUT2D eigenvalue weighted by molar-refractivity contribution is 5.90. The highest BCUT2D eigenvalue weighted by atomic mass is 16.5. The number of rotatable bonds is 4. The SMILES string of the molecule is CCOC(=O)C(NC)c1cccc2ccccc12. The van der Waals surface area contributed by atoms with Crippen LogP contribution >= 0.6 is 0 Å². The van der Waals surface area contributed by atoms with E-state index in [1.54, 1.807) is 7.05 Å². The fourth-order valence-electron chi connectivity index (χ4n) is 2.13. The van der Waals surface area contributed by atoms with Gasteiger partial charge in [0.15, 0.2) is 0 Å². The summed E-state index contributed by atoms with van der Waals surface area (Å²) in [5, 5.41) is 5.22. The third-order valence-corrected chi connectivity index (χ3v) is 2.95. The van der Waals surface area contributed by atoms with Crippen LogP contribution in [0.3, 0.4) is 0 Å². The smallest absolute Gasteiger partial charge is 0.327 e. The summed E-state index contributed by atoms with van der Waals surface area (Å²) in [4.78, 5) is 11.9. The molecule has 0 saturated carbocycles. The fraction of sp³-hybridized carbons (Fsp3) is 0.267. The largest absolute Gasteiger partial charge is 0.465 e. The van der Waals surface area contributed by atoms with E-state index in [0.29, 0.717) is 6.61 Å². The van der Waals surface area contributed by atoms with Crippen molar-refractivity contribution in [1.29, 1.82) is 0 Å². The van der Waals surface area contributed by atoms with E-state index in [4.69, 9.17) is 4.74 Å². The average molecular weight is 243 g/mol. The minimum atomic E-state index is -0.420. The monoisotopic (exact) mass is 243 g/mol. The molecule has 0 saturated heterocycles. The highest BCUT2D eigenvalue weighted by Crippen LogP contribution is 2.24. The standard InChI is InChI=1S/C15H17NO2/c1-3-18-15(17)14(16-2)13-10-6-8-11-7-4-5-9-12(11)13/h4-10,14,16H,3H2,1-2H3. The van der Waals surface area contributed by atoms with Gasteiger partial charge in [-0.2, -0.15) is 0 Å². The molecule has 0 radical (unpaired) electrons. The summed E-state index contributed by atoms with van der Waals surface area (Å²) in [6.45, 7) is 2.20. The Bertz CT molecular complexity index is 546. The molecule has 18 heavy (non-hydrogen) atoms. The Labute approximate surface area is 107 Å². The van der Waals surface area contributed by atoms with Gasteiger partial charge < -0.3 is 10.1 Å². The van der Waals surface area contributed by atoms with Gasteiger partial charge in [-0.3, -0.25) is 0 Å². The number of hydrogen-bond acceptors (Lipinski definition) is 3. The molecule has 94 valence electrons. The zero-order chi connectivity index (χ0) is 13.0. The van der Waals surface area contributed by atoms with Gasteiger partial charge in [0.2, 0.25) is 0 Å². The van der Waals surface area contributed by atoms with Crippen LogP contribution in [0.4, 0.5) is 0 Å². The maximum absolute atomic E-state index is 11.9. The van der Waals surface area contributed by atoms with Crippen molar-refractivity contribution in [2.75, 3.05) is 13.7 Å². The van der Waals surface area contributed by atoms with Gasteiger partial charge in [0, 0.05) is 0 Å². The minimum absolute atomic E-state index is 0.239. The Balaban J connectivity index is 2.48. The van der Waals surface area contributed by atoms with Gasteiger partial charge in [-0.1, -0.05) is 42.5 Å². The Morgan fingerprint density at radius 1 is 1.22 bits per heavy atom. The highest BCUT2D eigenvalue weighted by Gasteiger charge is 2.21. The number of carbonyl (C=O) groups excluding carboxylic acids is 1. The third kappa shape index (κ3) is 2.36. The normalized spacial score (nSPS) is 12.3. The molecule has 0 amide bonds. The first-order valence-electron chi connectivity index (χ1n) is 6.09. The van der Waals surface area contributed by atoms with Gasteiger partial charge in [-0.05, 0) is 30.3 Å². The Hall–Kier alpha value is -1.87. The number of fused-ring (bicyclic) bond motifs is 1. The van der Waals surface area contributed by atoms with E-state index in [1.165, 1.54) is 0 Å². The van der Waals surface area contributed by atoms with Crippen LogP contribution in [-0.2, 0) is 9.53 Å². The fourth-order valence-corrected chi connectivity index (χ4v) is 2.13. The molecule has 0 aliphatic heterocycles. The van der Waals surface area contributed by atoms with Crippen LogP contribution in [0.15, 0.2) is 42.5 Å². The van der Waals surface area contributed by atoms with E-state index in [0.717, 1.165) is 16.3 Å². The molecule has 0 aliphatic rings. The molecule has 0 heterocycles. The number of esters is 1. The van der Waals surface area contributed by atoms with Crippen molar-refractivity contribution in [1.82, 2.24) is 5.32 Å². The third-order valence-electron chi connectivity index (χ3n) is 2.95. The summed E-state index contributed by atoms with van der Waals surface area (Å²) in [6.07, 6.45) is 0. The van der Waals surface area contributed by atoms with Crippen molar-refractivity contribution in [2.24, 2.45) is 0 Å². The second-order valence-corrected chi connectivity index (χ2v) is 4.04. The molecular formula is C15H17NO2. The second kappa shape index (κ2) is 5.65. The zero-order valence-electron chi connectivity index (χ0n) is 10.6. The Kier molecular flexibility index (Phi) is 3.95. The van der Waals surface area contributed by atoms with Gasteiger partial charge in [0.25, 0.3) is 0 Å². The molecule has 1 N–H and O–H groups in total. The number of likely N-dealkylation sites (N-methyl/N-ethyl adjacent to an activating group) is 1. The summed E-state index contributed by atoms with van der Waals surface area (Å²) in [7, 11) is 1.77. The zero-order valence-corrected chi connectivity index (χ0v) is 10.6. The van der Waals surface area contributed by atoms with Gasteiger partial charge >= 0.3 is 5.97 Å². The molecule has 0 spiro atoms. The van der Waals surface area contributed by atoms with Crippen molar-refractivity contribution < 1.29 is 9.53 Å². The minimum Gasteiger partial charge on any atom is -0.465 e. The van der Waals surface area contributed by atoms with E-state index >= 15 is 0 Å². The van der Waals surface area contributed by atoms with Crippen LogP contribution < -0.4 is 5.32 Å². The molecule has 2 aromatic carbocycles. The Morgan fingerprint density at radius 3 is 2.67 bits per heavy atom. The summed E-state index contributed by atoms with van der Waals surface area (Å²) in [5.41, 5.74) is 0.953. The lowest BCUT2D eigenvalue weighted by Crippen LogP contribution is -2.27. The van der Waals surface area contributed by atoms with E-state index in [9.17, 15) is 4.79 Å². The van der Waals surface area contributed by atoms with Crippen LogP contribution in [0.25, 0.3) is 10.8 Å². The molecule has 3 nitrogen and oxygen atoms in total. The lowest BCUT2D eigenvalue weighted by Gasteiger charge is -2.17. The molecule has 1 atom stereocenters. The quantitative estimate of drug-likeness (QED) is 0.839. The molecular weight excluding hydrogens is 226 g/mol. The second-order valence-electron chi connectivity index (χ2n) is 4.04. The first-order valence-corrected chi connectivity index (χ1v) is 6.09. The number of benzene rings is 2. The van der Waals surface area contributed by atoms with Crippen molar-refractivity contribution in [2.45, 2.75) is 13.0 Å². The van der Waals surface area contributed by atoms with Gasteiger partial charge in [0.1, 0.15) is 6.04 Å². The maximum atomic E-state index is 11.9. The first kappa shape index (κ1) is 12.6. The predicted molar refractivity (Wildman–Crippen MR) is 72.4 cm³/mol. The summed E-state index contributed by atoms with van der Waals surface area (Å²) in [5.74, 6) is -0.239. The van der Waals surface area contributed by atoms with Crippen molar-refractivity contribution >= 4 is 16.7 Å². The van der Waals surface area contributed by atoms with E-state index < -0.39 is 6.04 Å².